The molecule has 27 heavy (non-hydrogen) atoms. The van der Waals surface area contributed by atoms with Gasteiger partial charge in [0.15, 0.2) is 5.52 Å². The first-order chi connectivity index (χ1) is 13.1. The van der Waals surface area contributed by atoms with Crippen LogP contribution in [0.2, 0.25) is 0 Å². The van der Waals surface area contributed by atoms with Crippen molar-refractivity contribution in [3.63, 3.8) is 0 Å². The van der Waals surface area contributed by atoms with Gasteiger partial charge >= 0.3 is 5.82 Å². The van der Waals surface area contributed by atoms with E-state index in [9.17, 15) is 9.60 Å². The van der Waals surface area contributed by atoms with E-state index in [2.05, 4.69) is 4.98 Å². The van der Waals surface area contributed by atoms with E-state index in [1.807, 2.05) is 30.3 Å². The van der Waals surface area contributed by atoms with E-state index >= 15 is 0 Å². The molecule has 1 heterocycles. The standard InChI is InChI=1S/C22H17FN2O2/c1-14-20-13-17(15-3-8-18(23)9-4-15)7-12-21(20)24-22(25(14)26)16-5-10-19(27-2)11-6-16/h3-13H,1-2H3. The highest BCUT2D eigenvalue weighted by Gasteiger charge is 2.18. The topological polar surface area (TPSA) is 49.1 Å². The van der Waals surface area contributed by atoms with E-state index in [1.165, 1.54) is 12.1 Å². The smallest absolute Gasteiger partial charge is 0.334 e. The molecule has 5 heteroatoms. The number of aromatic nitrogens is 2. The van der Waals surface area contributed by atoms with Crippen LogP contribution in [0.5, 0.6) is 5.75 Å². The molecule has 4 rings (SSSR count). The monoisotopic (exact) mass is 360 g/mol. The number of halogens is 1. The van der Waals surface area contributed by atoms with Gasteiger partial charge < -0.3 is 9.94 Å². The Balaban J connectivity index is 1.84. The third-order valence-electron chi connectivity index (χ3n) is 4.64. The lowest BCUT2D eigenvalue weighted by Crippen LogP contribution is -2.34. The van der Waals surface area contributed by atoms with Crippen LogP contribution < -0.4 is 9.47 Å². The Bertz CT molecular complexity index is 1120. The molecule has 0 amide bonds. The van der Waals surface area contributed by atoms with Gasteiger partial charge in [0.2, 0.25) is 0 Å². The van der Waals surface area contributed by atoms with E-state index < -0.39 is 0 Å². The van der Waals surface area contributed by atoms with Gasteiger partial charge in [0.1, 0.15) is 17.3 Å². The molecule has 0 atom stereocenters. The molecule has 1 aromatic heterocycles. The first-order valence-electron chi connectivity index (χ1n) is 8.51. The number of rotatable bonds is 3. The lowest BCUT2D eigenvalue weighted by atomic mass is 10.0. The van der Waals surface area contributed by atoms with Gasteiger partial charge in [-0.25, -0.2) is 9.12 Å². The van der Waals surface area contributed by atoms with Crippen LogP contribution in [0.3, 0.4) is 0 Å². The van der Waals surface area contributed by atoms with Crippen molar-refractivity contribution in [2.24, 2.45) is 0 Å². The van der Waals surface area contributed by atoms with Crippen molar-refractivity contribution in [2.45, 2.75) is 6.92 Å². The Morgan fingerprint density at radius 2 is 1.52 bits per heavy atom. The summed E-state index contributed by atoms with van der Waals surface area (Å²) < 4.78 is 19.2. The van der Waals surface area contributed by atoms with Crippen LogP contribution in [0.15, 0.2) is 66.7 Å². The predicted molar refractivity (Wildman–Crippen MR) is 103 cm³/mol. The summed E-state index contributed by atoms with van der Waals surface area (Å²) in [6.07, 6.45) is 0. The minimum atomic E-state index is -0.279. The Hall–Kier alpha value is -3.47. The van der Waals surface area contributed by atoms with Crippen molar-refractivity contribution in [1.82, 2.24) is 4.98 Å². The quantitative estimate of drug-likeness (QED) is 0.394. The molecule has 0 saturated carbocycles. The third kappa shape index (κ3) is 3.08. The molecule has 3 aromatic carbocycles. The summed E-state index contributed by atoms with van der Waals surface area (Å²) in [5, 5.41) is 13.6. The van der Waals surface area contributed by atoms with Crippen LogP contribution in [-0.2, 0) is 0 Å². The van der Waals surface area contributed by atoms with Crippen molar-refractivity contribution in [2.75, 3.05) is 7.11 Å². The molecule has 0 bridgehead atoms. The third-order valence-corrected chi connectivity index (χ3v) is 4.64. The first kappa shape index (κ1) is 17.0. The second-order valence-corrected chi connectivity index (χ2v) is 6.28. The van der Waals surface area contributed by atoms with E-state index in [0.29, 0.717) is 11.5 Å². The first-order valence-corrected chi connectivity index (χ1v) is 8.51. The number of aryl methyl sites for hydroxylation is 1. The normalized spacial score (nSPS) is 10.9. The van der Waals surface area contributed by atoms with Crippen molar-refractivity contribution in [3.05, 3.63) is 83.4 Å². The Morgan fingerprint density at radius 3 is 2.19 bits per heavy atom. The molecule has 0 N–H and O–H groups in total. The molecule has 0 saturated heterocycles. The summed E-state index contributed by atoms with van der Waals surface area (Å²) in [5.74, 6) is 0.786. The molecule has 0 aliphatic carbocycles. The highest BCUT2D eigenvalue weighted by Crippen LogP contribution is 2.27. The summed E-state index contributed by atoms with van der Waals surface area (Å²) in [7, 11) is 1.60. The Kier molecular flexibility index (Phi) is 4.20. The van der Waals surface area contributed by atoms with E-state index in [1.54, 1.807) is 38.3 Å². The fraction of sp³-hybridized carbons (Fsp3) is 0.0909. The van der Waals surface area contributed by atoms with Crippen LogP contribution in [0.1, 0.15) is 5.69 Å². The highest BCUT2D eigenvalue weighted by molar-refractivity contribution is 5.86. The SMILES string of the molecule is COc1ccc(-c2nc3ccc(-c4ccc(F)cc4)cc3c(C)[n+]2[O-])cc1. The van der Waals surface area contributed by atoms with Gasteiger partial charge in [0.25, 0.3) is 0 Å². The van der Waals surface area contributed by atoms with Gasteiger partial charge in [-0.15, -0.1) is 0 Å². The Labute approximate surface area is 156 Å². The fourth-order valence-electron chi connectivity index (χ4n) is 3.09. The van der Waals surface area contributed by atoms with E-state index in [-0.39, 0.29) is 5.82 Å². The van der Waals surface area contributed by atoms with Gasteiger partial charge in [-0.2, -0.15) is 0 Å². The van der Waals surface area contributed by atoms with Gasteiger partial charge in [-0.05, 0) is 77.6 Å². The summed E-state index contributed by atoms with van der Waals surface area (Å²) in [6.45, 7) is 1.78. The maximum atomic E-state index is 13.2. The molecular weight excluding hydrogens is 343 g/mol. The molecule has 4 nitrogen and oxygen atoms in total. The molecule has 0 radical (unpaired) electrons. The molecule has 0 unspecified atom stereocenters. The van der Waals surface area contributed by atoms with Gasteiger partial charge in [-0.1, -0.05) is 12.1 Å². The van der Waals surface area contributed by atoms with Gasteiger partial charge in [-0.3, -0.25) is 0 Å². The highest BCUT2D eigenvalue weighted by atomic mass is 19.1. The molecule has 0 fully saturated rings. The molecule has 4 aromatic rings. The second-order valence-electron chi connectivity index (χ2n) is 6.28. The number of hydrogen-bond donors (Lipinski definition) is 0. The lowest BCUT2D eigenvalue weighted by Gasteiger charge is -2.12. The summed E-state index contributed by atoms with van der Waals surface area (Å²) >= 11 is 0. The number of methoxy groups -OCH3 is 1. The molecule has 0 spiro atoms. The van der Waals surface area contributed by atoms with Crippen molar-refractivity contribution >= 4 is 10.9 Å². The average Bonchev–Trinajstić information content (AvgIpc) is 2.71. The molecule has 0 aliphatic rings. The second kappa shape index (κ2) is 6.68. The summed E-state index contributed by atoms with van der Waals surface area (Å²) in [5.41, 5.74) is 3.81. The number of ether oxygens (including phenoxy) is 1. The van der Waals surface area contributed by atoms with Crippen LogP contribution in [0.4, 0.5) is 4.39 Å². The van der Waals surface area contributed by atoms with Gasteiger partial charge in [0.05, 0.1) is 18.1 Å². The number of hydrogen-bond acceptors (Lipinski definition) is 3. The molecular formula is C22H17FN2O2. The van der Waals surface area contributed by atoms with E-state index in [0.717, 1.165) is 38.1 Å². The predicted octanol–water partition coefficient (Wildman–Crippen LogP) is 4.66. The largest absolute Gasteiger partial charge is 0.710 e. The summed E-state index contributed by atoms with van der Waals surface area (Å²) in [4.78, 5) is 4.56. The number of benzene rings is 3. The lowest BCUT2D eigenvalue weighted by molar-refractivity contribution is -0.601. The molecule has 134 valence electrons. The van der Waals surface area contributed by atoms with E-state index in [4.69, 9.17) is 4.74 Å². The minimum Gasteiger partial charge on any atom is -0.710 e. The molecule has 0 aliphatic heterocycles. The van der Waals surface area contributed by atoms with Crippen LogP contribution in [0, 0.1) is 17.9 Å². The van der Waals surface area contributed by atoms with Gasteiger partial charge in [0, 0.05) is 0 Å². The zero-order valence-electron chi connectivity index (χ0n) is 14.9. The van der Waals surface area contributed by atoms with Crippen molar-refractivity contribution in [1.29, 1.82) is 0 Å². The van der Waals surface area contributed by atoms with Crippen LogP contribution in [0.25, 0.3) is 33.4 Å². The van der Waals surface area contributed by atoms with Crippen molar-refractivity contribution < 1.29 is 13.9 Å². The minimum absolute atomic E-state index is 0.279. The average molecular weight is 360 g/mol. The maximum Gasteiger partial charge on any atom is 0.334 e. The Morgan fingerprint density at radius 1 is 0.889 bits per heavy atom. The van der Waals surface area contributed by atoms with Crippen LogP contribution in [-0.4, -0.2) is 12.1 Å². The fourth-order valence-corrected chi connectivity index (χ4v) is 3.09. The number of fused-ring (bicyclic) bond motifs is 1. The zero-order chi connectivity index (χ0) is 19.0. The number of nitrogens with zero attached hydrogens (tertiary/aromatic N) is 2. The van der Waals surface area contributed by atoms with Crippen LogP contribution >= 0.6 is 0 Å². The van der Waals surface area contributed by atoms with Crippen molar-refractivity contribution in [3.8, 4) is 28.3 Å². The zero-order valence-corrected chi connectivity index (χ0v) is 14.9. The summed E-state index contributed by atoms with van der Waals surface area (Å²) in [6, 6.07) is 19.2. The maximum absolute atomic E-state index is 13.2.